The lowest BCUT2D eigenvalue weighted by atomic mass is 10.2. The number of nitrogens with zero attached hydrogens (tertiary/aromatic N) is 3. The summed E-state index contributed by atoms with van der Waals surface area (Å²) in [5.41, 5.74) is 1.12. The zero-order chi connectivity index (χ0) is 14.1. The standard InChI is InChI=1S/C15H25N5/c1-10-13(16-2)18-15(11-6-7-11)19-14(10)17-9-12-5-4-8-20(12)3/h11-12H,4-9H2,1-3H3,(H2,16,17,18,19). The van der Waals surface area contributed by atoms with E-state index in [1.54, 1.807) is 0 Å². The highest BCUT2D eigenvalue weighted by Gasteiger charge is 2.28. The predicted octanol–water partition coefficient (Wildman–Crippen LogP) is 2.21. The van der Waals surface area contributed by atoms with E-state index in [0.717, 1.165) is 29.6 Å². The molecule has 1 aliphatic carbocycles. The summed E-state index contributed by atoms with van der Waals surface area (Å²) in [6.45, 7) is 4.27. The summed E-state index contributed by atoms with van der Waals surface area (Å²) in [6.07, 6.45) is 5.05. The number of rotatable bonds is 5. The van der Waals surface area contributed by atoms with E-state index >= 15 is 0 Å². The van der Waals surface area contributed by atoms with Gasteiger partial charge in [-0.3, -0.25) is 0 Å². The first-order chi connectivity index (χ1) is 9.69. The van der Waals surface area contributed by atoms with Crippen LogP contribution in [-0.4, -0.2) is 48.1 Å². The van der Waals surface area contributed by atoms with Gasteiger partial charge in [-0.15, -0.1) is 0 Å². The largest absolute Gasteiger partial charge is 0.373 e. The zero-order valence-electron chi connectivity index (χ0n) is 12.7. The lowest BCUT2D eigenvalue weighted by Crippen LogP contribution is -2.32. The van der Waals surface area contributed by atoms with Gasteiger partial charge >= 0.3 is 0 Å². The molecule has 0 spiro atoms. The van der Waals surface area contributed by atoms with E-state index in [9.17, 15) is 0 Å². The Morgan fingerprint density at radius 2 is 1.95 bits per heavy atom. The quantitative estimate of drug-likeness (QED) is 0.863. The minimum atomic E-state index is 0.581. The third kappa shape index (κ3) is 2.73. The van der Waals surface area contributed by atoms with Gasteiger partial charge < -0.3 is 15.5 Å². The van der Waals surface area contributed by atoms with Gasteiger partial charge in [0.05, 0.1) is 0 Å². The fourth-order valence-corrected chi connectivity index (χ4v) is 2.93. The average molecular weight is 275 g/mol. The van der Waals surface area contributed by atoms with Crippen molar-refractivity contribution in [2.45, 2.75) is 44.6 Å². The average Bonchev–Trinajstić information content (AvgIpc) is 3.21. The topological polar surface area (TPSA) is 53.1 Å². The molecule has 1 aliphatic heterocycles. The molecule has 1 aromatic heterocycles. The molecule has 3 rings (SSSR count). The molecule has 0 bridgehead atoms. The summed E-state index contributed by atoms with van der Waals surface area (Å²) in [5, 5.41) is 6.74. The maximum atomic E-state index is 4.75. The molecule has 2 aliphatic rings. The van der Waals surface area contributed by atoms with Crippen LogP contribution in [0.4, 0.5) is 11.6 Å². The van der Waals surface area contributed by atoms with Gasteiger partial charge in [0.2, 0.25) is 0 Å². The zero-order valence-corrected chi connectivity index (χ0v) is 12.7. The van der Waals surface area contributed by atoms with E-state index in [4.69, 9.17) is 4.98 Å². The van der Waals surface area contributed by atoms with Crippen LogP contribution in [0.3, 0.4) is 0 Å². The van der Waals surface area contributed by atoms with Gasteiger partial charge in [-0.1, -0.05) is 0 Å². The van der Waals surface area contributed by atoms with Crippen molar-refractivity contribution in [1.82, 2.24) is 14.9 Å². The highest BCUT2D eigenvalue weighted by molar-refractivity contribution is 5.57. The maximum absolute atomic E-state index is 4.75. The Bertz CT molecular complexity index is 483. The molecule has 0 amide bonds. The SMILES string of the molecule is CNc1nc(C2CC2)nc(NCC2CCCN2C)c1C. The fourth-order valence-electron chi connectivity index (χ4n) is 2.93. The smallest absolute Gasteiger partial charge is 0.136 e. The Hall–Kier alpha value is -1.36. The third-order valence-corrected chi connectivity index (χ3v) is 4.52. The van der Waals surface area contributed by atoms with E-state index in [2.05, 4.69) is 34.5 Å². The summed E-state index contributed by atoms with van der Waals surface area (Å²) in [6, 6.07) is 0.631. The lowest BCUT2D eigenvalue weighted by Gasteiger charge is -2.21. The first-order valence-electron chi connectivity index (χ1n) is 7.69. The van der Waals surface area contributed by atoms with Crippen LogP contribution in [-0.2, 0) is 0 Å². The minimum Gasteiger partial charge on any atom is -0.373 e. The Kier molecular flexibility index (Phi) is 3.78. The van der Waals surface area contributed by atoms with E-state index in [0.29, 0.717) is 12.0 Å². The van der Waals surface area contributed by atoms with Gasteiger partial charge in [0, 0.05) is 31.1 Å². The molecule has 2 heterocycles. The Morgan fingerprint density at radius 1 is 1.20 bits per heavy atom. The highest BCUT2D eigenvalue weighted by Crippen LogP contribution is 2.39. The number of likely N-dealkylation sites (N-methyl/N-ethyl adjacent to an activating group) is 1. The second-order valence-electron chi connectivity index (χ2n) is 6.09. The number of anilines is 2. The van der Waals surface area contributed by atoms with E-state index in [1.807, 2.05) is 7.05 Å². The molecule has 2 N–H and O–H groups in total. The number of hydrogen-bond donors (Lipinski definition) is 2. The Balaban J connectivity index is 1.75. The van der Waals surface area contributed by atoms with Crippen LogP contribution in [0.1, 0.15) is 43.0 Å². The van der Waals surface area contributed by atoms with Crippen LogP contribution >= 0.6 is 0 Å². The number of hydrogen-bond acceptors (Lipinski definition) is 5. The lowest BCUT2D eigenvalue weighted by molar-refractivity contribution is 0.322. The molecule has 1 saturated heterocycles. The monoisotopic (exact) mass is 275 g/mol. The van der Waals surface area contributed by atoms with Gasteiger partial charge in [0.1, 0.15) is 17.5 Å². The second-order valence-corrected chi connectivity index (χ2v) is 6.09. The summed E-state index contributed by atoms with van der Waals surface area (Å²) >= 11 is 0. The van der Waals surface area contributed by atoms with Gasteiger partial charge in [-0.25, -0.2) is 9.97 Å². The molecular formula is C15H25N5. The van der Waals surface area contributed by atoms with Gasteiger partial charge in [-0.05, 0) is 46.2 Å². The molecule has 2 fully saturated rings. The molecule has 1 unspecified atom stereocenters. The van der Waals surface area contributed by atoms with Gasteiger partial charge in [-0.2, -0.15) is 0 Å². The number of aromatic nitrogens is 2. The summed E-state index contributed by atoms with van der Waals surface area (Å²) < 4.78 is 0. The van der Waals surface area contributed by atoms with Crippen molar-refractivity contribution < 1.29 is 0 Å². The predicted molar refractivity (Wildman–Crippen MR) is 82.4 cm³/mol. The van der Waals surface area contributed by atoms with Gasteiger partial charge in [0.25, 0.3) is 0 Å². The van der Waals surface area contributed by atoms with Crippen LogP contribution in [0.5, 0.6) is 0 Å². The summed E-state index contributed by atoms with van der Waals surface area (Å²) in [5.74, 6) is 3.55. The normalized spacial score (nSPS) is 23.1. The van der Waals surface area contributed by atoms with Crippen molar-refractivity contribution in [3.8, 4) is 0 Å². The summed E-state index contributed by atoms with van der Waals surface area (Å²) in [4.78, 5) is 11.8. The van der Waals surface area contributed by atoms with Crippen molar-refractivity contribution in [1.29, 1.82) is 0 Å². The molecule has 0 aromatic carbocycles. The van der Waals surface area contributed by atoms with E-state index in [-0.39, 0.29) is 0 Å². The molecule has 5 heteroatoms. The van der Waals surface area contributed by atoms with Crippen LogP contribution in [0, 0.1) is 6.92 Å². The Morgan fingerprint density at radius 3 is 2.55 bits per heavy atom. The fraction of sp³-hybridized carbons (Fsp3) is 0.733. The number of likely N-dealkylation sites (tertiary alicyclic amines) is 1. The first-order valence-corrected chi connectivity index (χ1v) is 7.69. The number of nitrogens with one attached hydrogen (secondary N) is 2. The first kappa shape index (κ1) is 13.6. The van der Waals surface area contributed by atoms with Crippen molar-refractivity contribution in [2.75, 3.05) is 37.8 Å². The minimum absolute atomic E-state index is 0.581. The van der Waals surface area contributed by atoms with Crippen LogP contribution in [0.15, 0.2) is 0 Å². The Labute approximate surface area is 121 Å². The molecule has 1 atom stereocenters. The second kappa shape index (κ2) is 5.56. The maximum Gasteiger partial charge on any atom is 0.136 e. The molecule has 5 nitrogen and oxygen atoms in total. The molecular weight excluding hydrogens is 250 g/mol. The highest BCUT2D eigenvalue weighted by atomic mass is 15.2. The molecule has 20 heavy (non-hydrogen) atoms. The third-order valence-electron chi connectivity index (χ3n) is 4.52. The van der Waals surface area contributed by atoms with Gasteiger partial charge in [0.15, 0.2) is 0 Å². The van der Waals surface area contributed by atoms with Crippen LogP contribution in [0.2, 0.25) is 0 Å². The summed E-state index contributed by atoms with van der Waals surface area (Å²) in [7, 11) is 4.14. The molecule has 110 valence electrons. The molecule has 1 aromatic rings. The van der Waals surface area contributed by atoms with Crippen LogP contribution in [0.25, 0.3) is 0 Å². The van der Waals surface area contributed by atoms with Crippen molar-refractivity contribution in [3.05, 3.63) is 11.4 Å². The van der Waals surface area contributed by atoms with Crippen molar-refractivity contribution >= 4 is 11.6 Å². The van der Waals surface area contributed by atoms with Crippen molar-refractivity contribution in [2.24, 2.45) is 0 Å². The van der Waals surface area contributed by atoms with Crippen molar-refractivity contribution in [3.63, 3.8) is 0 Å². The van der Waals surface area contributed by atoms with Crippen LogP contribution < -0.4 is 10.6 Å². The van der Waals surface area contributed by atoms with E-state index < -0.39 is 0 Å². The van der Waals surface area contributed by atoms with E-state index in [1.165, 1.54) is 32.2 Å². The molecule has 0 radical (unpaired) electrons. The molecule has 1 saturated carbocycles.